The minimum absolute atomic E-state index is 0.00745. The van der Waals surface area contributed by atoms with Gasteiger partial charge in [0.15, 0.2) is 6.61 Å². The van der Waals surface area contributed by atoms with E-state index in [1.807, 2.05) is 30.9 Å². The van der Waals surface area contributed by atoms with Gasteiger partial charge in [0.2, 0.25) is 0 Å². The SMILES string of the molecule is CC(C)CN(C(=O)COc1ccccc1N)C(C)C. The molecule has 4 nitrogen and oxygen atoms in total. The second-order valence-corrected chi connectivity index (χ2v) is 5.36. The monoisotopic (exact) mass is 264 g/mol. The average molecular weight is 264 g/mol. The third-order valence-electron chi connectivity index (χ3n) is 2.78. The number of nitrogen functional groups attached to an aromatic ring is 1. The Morgan fingerprint density at radius 1 is 1.26 bits per heavy atom. The summed E-state index contributed by atoms with van der Waals surface area (Å²) in [7, 11) is 0. The minimum atomic E-state index is -0.00745. The molecule has 0 spiro atoms. The molecule has 0 heterocycles. The molecular formula is C15H24N2O2. The fourth-order valence-corrected chi connectivity index (χ4v) is 1.83. The van der Waals surface area contributed by atoms with Gasteiger partial charge in [-0.05, 0) is 31.9 Å². The van der Waals surface area contributed by atoms with E-state index in [2.05, 4.69) is 13.8 Å². The zero-order valence-corrected chi connectivity index (χ0v) is 12.2. The van der Waals surface area contributed by atoms with E-state index in [1.165, 1.54) is 0 Å². The molecule has 1 rings (SSSR count). The lowest BCUT2D eigenvalue weighted by molar-refractivity contribution is -0.135. The van der Waals surface area contributed by atoms with E-state index in [-0.39, 0.29) is 18.6 Å². The Kier molecular flexibility index (Phi) is 5.67. The molecule has 0 aromatic heterocycles. The van der Waals surface area contributed by atoms with Crippen LogP contribution in [0.2, 0.25) is 0 Å². The standard InChI is InChI=1S/C15H24N2O2/c1-11(2)9-17(12(3)4)15(18)10-19-14-8-6-5-7-13(14)16/h5-8,11-12H,9-10,16H2,1-4H3. The number of rotatable bonds is 6. The lowest BCUT2D eigenvalue weighted by Gasteiger charge is -2.28. The molecule has 0 aliphatic rings. The fourth-order valence-electron chi connectivity index (χ4n) is 1.83. The molecule has 0 saturated heterocycles. The average Bonchev–Trinajstić information content (AvgIpc) is 2.34. The third kappa shape index (κ3) is 4.81. The predicted octanol–water partition coefficient (Wildman–Crippen LogP) is 2.54. The maximum Gasteiger partial charge on any atom is 0.260 e. The van der Waals surface area contributed by atoms with Gasteiger partial charge in [-0.2, -0.15) is 0 Å². The maximum absolute atomic E-state index is 12.2. The molecule has 0 atom stereocenters. The van der Waals surface area contributed by atoms with E-state index in [9.17, 15) is 4.79 Å². The van der Waals surface area contributed by atoms with E-state index in [1.54, 1.807) is 12.1 Å². The highest BCUT2D eigenvalue weighted by molar-refractivity contribution is 5.78. The molecule has 1 aromatic rings. The van der Waals surface area contributed by atoms with Crippen LogP contribution in [0.3, 0.4) is 0 Å². The highest BCUT2D eigenvalue weighted by atomic mass is 16.5. The molecule has 0 saturated carbocycles. The molecule has 106 valence electrons. The molecule has 1 amide bonds. The van der Waals surface area contributed by atoms with E-state index in [4.69, 9.17) is 10.5 Å². The van der Waals surface area contributed by atoms with Crippen LogP contribution in [0.5, 0.6) is 5.75 Å². The van der Waals surface area contributed by atoms with Gasteiger partial charge in [0.25, 0.3) is 5.91 Å². The highest BCUT2D eigenvalue weighted by Gasteiger charge is 2.18. The molecule has 0 radical (unpaired) electrons. The molecule has 0 unspecified atom stereocenters. The van der Waals surface area contributed by atoms with E-state index < -0.39 is 0 Å². The summed E-state index contributed by atoms with van der Waals surface area (Å²) in [5, 5.41) is 0. The second kappa shape index (κ2) is 7.02. The topological polar surface area (TPSA) is 55.6 Å². The second-order valence-electron chi connectivity index (χ2n) is 5.36. The number of carbonyl (C=O) groups is 1. The Bertz CT molecular complexity index is 416. The van der Waals surface area contributed by atoms with Crippen molar-refractivity contribution in [1.29, 1.82) is 0 Å². The van der Waals surface area contributed by atoms with Gasteiger partial charge in [-0.3, -0.25) is 4.79 Å². The maximum atomic E-state index is 12.2. The van der Waals surface area contributed by atoms with Crippen LogP contribution in [0.4, 0.5) is 5.69 Å². The summed E-state index contributed by atoms with van der Waals surface area (Å²) in [6.07, 6.45) is 0. The van der Waals surface area contributed by atoms with Crippen LogP contribution < -0.4 is 10.5 Å². The highest BCUT2D eigenvalue weighted by Crippen LogP contribution is 2.19. The number of ether oxygens (including phenoxy) is 1. The van der Waals surface area contributed by atoms with Crippen LogP contribution >= 0.6 is 0 Å². The Morgan fingerprint density at radius 3 is 2.42 bits per heavy atom. The quantitative estimate of drug-likeness (QED) is 0.803. The number of benzene rings is 1. The molecule has 0 fully saturated rings. The van der Waals surface area contributed by atoms with Gasteiger partial charge in [0.05, 0.1) is 5.69 Å². The summed E-state index contributed by atoms with van der Waals surface area (Å²) >= 11 is 0. The smallest absolute Gasteiger partial charge is 0.260 e. The van der Waals surface area contributed by atoms with E-state index >= 15 is 0 Å². The first-order chi connectivity index (χ1) is 8.91. The number of hydrogen-bond acceptors (Lipinski definition) is 3. The van der Waals surface area contributed by atoms with Crippen molar-refractivity contribution in [3.8, 4) is 5.75 Å². The number of nitrogens with two attached hydrogens (primary N) is 1. The number of anilines is 1. The van der Waals surface area contributed by atoms with Crippen molar-refractivity contribution >= 4 is 11.6 Å². The summed E-state index contributed by atoms with van der Waals surface area (Å²) in [5.74, 6) is 0.990. The minimum Gasteiger partial charge on any atom is -0.482 e. The van der Waals surface area contributed by atoms with Gasteiger partial charge in [-0.25, -0.2) is 0 Å². The lowest BCUT2D eigenvalue weighted by atomic mass is 10.2. The number of para-hydroxylation sites is 2. The molecular weight excluding hydrogens is 240 g/mol. The fraction of sp³-hybridized carbons (Fsp3) is 0.533. The van der Waals surface area contributed by atoms with Crippen molar-refractivity contribution in [2.75, 3.05) is 18.9 Å². The zero-order valence-electron chi connectivity index (χ0n) is 12.2. The first-order valence-corrected chi connectivity index (χ1v) is 6.68. The molecule has 0 bridgehead atoms. The van der Waals surface area contributed by atoms with E-state index in [0.29, 0.717) is 17.4 Å². The molecule has 0 aliphatic carbocycles. The zero-order chi connectivity index (χ0) is 14.4. The Hall–Kier alpha value is -1.71. The first-order valence-electron chi connectivity index (χ1n) is 6.68. The van der Waals surface area contributed by atoms with Gasteiger partial charge in [-0.1, -0.05) is 26.0 Å². The van der Waals surface area contributed by atoms with Crippen molar-refractivity contribution in [2.45, 2.75) is 33.7 Å². The van der Waals surface area contributed by atoms with Crippen molar-refractivity contribution in [1.82, 2.24) is 4.90 Å². The summed E-state index contributed by atoms with van der Waals surface area (Å²) in [6, 6.07) is 7.37. The summed E-state index contributed by atoms with van der Waals surface area (Å²) in [6.45, 7) is 8.98. The van der Waals surface area contributed by atoms with Crippen LogP contribution in [0.15, 0.2) is 24.3 Å². The van der Waals surface area contributed by atoms with Crippen molar-refractivity contribution in [3.05, 3.63) is 24.3 Å². The predicted molar refractivity (Wildman–Crippen MR) is 78.0 cm³/mol. The Balaban J connectivity index is 2.60. The van der Waals surface area contributed by atoms with Crippen LogP contribution in [0, 0.1) is 5.92 Å². The van der Waals surface area contributed by atoms with Gasteiger partial charge < -0.3 is 15.4 Å². The molecule has 4 heteroatoms. The van der Waals surface area contributed by atoms with Crippen LogP contribution in [0.25, 0.3) is 0 Å². The van der Waals surface area contributed by atoms with Crippen molar-refractivity contribution in [2.24, 2.45) is 5.92 Å². The summed E-state index contributed by atoms with van der Waals surface area (Å²) < 4.78 is 5.50. The Morgan fingerprint density at radius 2 is 1.89 bits per heavy atom. The van der Waals surface area contributed by atoms with Gasteiger partial charge >= 0.3 is 0 Å². The normalized spacial score (nSPS) is 10.8. The Labute approximate surface area is 115 Å². The summed E-state index contributed by atoms with van der Waals surface area (Å²) in [4.78, 5) is 14.0. The molecule has 19 heavy (non-hydrogen) atoms. The lowest BCUT2D eigenvalue weighted by Crippen LogP contribution is -2.42. The van der Waals surface area contributed by atoms with Crippen LogP contribution in [0.1, 0.15) is 27.7 Å². The summed E-state index contributed by atoms with van der Waals surface area (Å²) in [5.41, 5.74) is 6.32. The van der Waals surface area contributed by atoms with Gasteiger partial charge in [-0.15, -0.1) is 0 Å². The third-order valence-corrected chi connectivity index (χ3v) is 2.78. The van der Waals surface area contributed by atoms with Gasteiger partial charge in [0.1, 0.15) is 5.75 Å². The van der Waals surface area contributed by atoms with Crippen LogP contribution in [-0.4, -0.2) is 30.0 Å². The largest absolute Gasteiger partial charge is 0.482 e. The molecule has 0 aliphatic heterocycles. The first kappa shape index (κ1) is 15.3. The number of hydrogen-bond donors (Lipinski definition) is 1. The van der Waals surface area contributed by atoms with Gasteiger partial charge in [0, 0.05) is 12.6 Å². The number of nitrogens with zero attached hydrogens (tertiary/aromatic N) is 1. The molecule has 1 aromatic carbocycles. The van der Waals surface area contributed by atoms with E-state index in [0.717, 1.165) is 6.54 Å². The van der Waals surface area contributed by atoms with Crippen molar-refractivity contribution < 1.29 is 9.53 Å². The number of carbonyl (C=O) groups excluding carboxylic acids is 1. The number of amides is 1. The molecule has 2 N–H and O–H groups in total. The van der Waals surface area contributed by atoms with Crippen molar-refractivity contribution in [3.63, 3.8) is 0 Å². The van der Waals surface area contributed by atoms with Crippen LogP contribution in [-0.2, 0) is 4.79 Å².